The van der Waals surface area contributed by atoms with Crippen molar-refractivity contribution in [3.05, 3.63) is 23.0 Å². The predicted molar refractivity (Wildman–Crippen MR) is 98.2 cm³/mol. The molecular formula is C17H30ClN5. The minimum Gasteiger partial charge on any atom is -0.355 e. The van der Waals surface area contributed by atoms with Crippen molar-refractivity contribution in [3.63, 3.8) is 0 Å². The second-order valence-corrected chi connectivity index (χ2v) is 6.78. The number of hydrogen-bond donors (Lipinski definition) is 1. The molecule has 2 rings (SSSR count). The lowest BCUT2D eigenvalue weighted by molar-refractivity contribution is 0.287. The van der Waals surface area contributed by atoms with Gasteiger partial charge in [0.2, 0.25) is 0 Å². The highest BCUT2D eigenvalue weighted by Gasteiger charge is 2.11. The highest BCUT2D eigenvalue weighted by atomic mass is 35.5. The smallest absolute Gasteiger partial charge is 0.193 e. The summed E-state index contributed by atoms with van der Waals surface area (Å²) in [6, 6.07) is 2.00. The molecule has 1 aliphatic heterocycles. The molecule has 1 aliphatic rings. The van der Waals surface area contributed by atoms with E-state index in [1.807, 2.05) is 26.4 Å². The van der Waals surface area contributed by atoms with Crippen LogP contribution in [0.15, 0.2) is 17.3 Å². The van der Waals surface area contributed by atoms with Gasteiger partial charge in [-0.25, -0.2) is 0 Å². The summed E-state index contributed by atoms with van der Waals surface area (Å²) in [4.78, 5) is 9.09. The molecule has 0 aromatic carbocycles. The van der Waals surface area contributed by atoms with E-state index in [0.29, 0.717) is 0 Å². The summed E-state index contributed by atoms with van der Waals surface area (Å²) in [6.45, 7) is 5.27. The summed E-state index contributed by atoms with van der Waals surface area (Å²) >= 11 is 6.05. The SMILES string of the molecule is CN=C(NCCN1CCCCCC1)N(C)Cc1cc(Cl)cn1C. The predicted octanol–water partition coefficient (Wildman–Crippen LogP) is 2.56. The molecule has 130 valence electrons. The van der Waals surface area contributed by atoms with Crippen LogP contribution >= 0.6 is 11.6 Å². The molecule has 0 atom stereocenters. The van der Waals surface area contributed by atoms with Crippen molar-refractivity contribution in [3.8, 4) is 0 Å². The lowest BCUT2D eigenvalue weighted by atomic mass is 10.2. The van der Waals surface area contributed by atoms with Gasteiger partial charge >= 0.3 is 0 Å². The molecule has 1 saturated heterocycles. The Hall–Kier alpha value is -1.20. The topological polar surface area (TPSA) is 35.8 Å². The summed E-state index contributed by atoms with van der Waals surface area (Å²) < 4.78 is 2.06. The summed E-state index contributed by atoms with van der Waals surface area (Å²) in [5.41, 5.74) is 1.17. The van der Waals surface area contributed by atoms with Gasteiger partial charge in [-0.1, -0.05) is 24.4 Å². The van der Waals surface area contributed by atoms with Crippen molar-refractivity contribution in [2.24, 2.45) is 12.0 Å². The molecule has 0 bridgehead atoms. The molecule has 0 saturated carbocycles. The maximum absolute atomic E-state index is 6.05. The number of aliphatic imine (C=N–C) groups is 1. The van der Waals surface area contributed by atoms with E-state index in [9.17, 15) is 0 Å². The second-order valence-electron chi connectivity index (χ2n) is 6.35. The summed E-state index contributed by atoms with van der Waals surface area (Å²) in [5, 5.41) is 4.25. The number of nitrogens with zero attached hydrogens (tertiary/aromatic N) is 4. The monoisotopic (exact) mass is 339 g/mol. The minimum atomic E-state index is 0.778. The Kier molecular flexibility index (Phi) is 7.24. The number of aryl methyl sites for hydroxylation is 1. The van der Waals surface area contributed by atoms with Crippen LogP contribution in [0.5, 0.6) is 0 Å². The number of halogens is 1. The number of rotatable bonds is 5. The van der Waals surface area contributed by atoms with E-state index in [1.165, 1.54) is 44.5 Å². The molecule has 1 fully saturated rings. The molecule has 0 radical (unpaired) electrons. The van der Waals surface area contributed by atoms with E-state index in [-0.39, 0.29) is 0 Å². The summed E-state index contributed by atoms with van der Waals surface area (Å²) in [5.74, 6) is 0.928. The van der Waals surface area contributed by atoms with Crippen molar-refractivity contribution in [2.75, 3.05) is 40.3 Å². The quantitative estimate of drug-likeness (QED) is 0.661. The lowest BCUT2D eigenvalue weighted by Crippen LogP contribution is -2.42. The molecule has 0 spiro atoms. The fraction of sp³-hybridized carbons (Fsp3) is 0.706. The van der Waals surface area contributed by atoms with E-state index in [1.54, 1.807) is 0 Å². The fourth-order valence-electron chi connectivity index (χ4n) is 3.11. The Morgan fingerprint density at radius 3 is 2.57 bits per heavy atom. The first-order chi connectivity index (χ1) is 11.1. The lowest BCUT2D eigenvalue weighted by Gasteiger charge is -2.24. The number of hydrogen-bond acceptors (Lipinski definition) is 2. The molecule has 5 nitrogen and oxygen atoms in total. The zero-order chi connectivity index (χ0) is 16.7. The van der Waals surface area contributed by atoms with Gasteiger partial charge in [0.1, 0.15) is 0 Å². The van der Waals surface area contributed by atoms with Crippen LogP contribution in [-0.2, 0) is 13.6 Å². The van der Waals surface area contributed by atoms with Crippen molar-refractivity contribution < 1.29 is 0 Å². The summed E-state index contributed by atoms with van der Waals surface area (Å²) in [7, 11) is 5.91. The molecule has 0 unspecified atom stereocenters. The molecule has 1 aromatic rings. The molecule has 6 heteroatoms. The molecule has 0 aliphatic carbocycles. The Morgan fingerprint density at radius 2 is 2.00 bits per heavy atom. The van der Waals surface area contributed by atoms with Gasteiger partial charge in [0.15, 0.2) is 5.96 Å². The Labute approximate surface area is 145 Å². The minimum absolute atomic E-state index is 0.778. The number of aromatic nitrogens is 1. The molecule has 0 amide bonds. The third-order valence-corrected chi connectivity index (χ3v) is 4.66. The Morgan fingerprint density at radius 1 is 1.30 bits per heavy atom. The van der Waals surface area contributed by atoms with E-state index < -0.39 is 0 Å². The standard InChI is InChI=1S/C17H30ClN5/c1-19-17(20-8-11-23-9-6-4-5-7-10-23)22(3)14-16-12-15(18)13-21(16)2/h12-13H,4-11,14H2,1-3H3,(H,19,20). The van der Waals surface area contributed by atoms with E-state index in [2.05, 4.69) is 31.7 Å². The highest BCUT2D eigenvalue weighted by molar-refractivity contribution is 6.30. The van der Waals surface area contributed by atoms with Gasteiger partial charge in [-0.2, -0.15) is 0 Å². The third-order valence-electron chi connectivity index (χ3n) is 4.46. The normalized spacial score (nSPS) is 17.1. The molecule has 23 heavy (non-hydrogen) atoms. The van der Waals surface area contributed by atoms with Crippen molar-refractivity contribution in [1.82, 2.24) is 19.7 Å². The van der Waals surface area contributed by atoms with Crippen LogP contribution < -0.4 is 5.32 Å². The first-order valence-corrected chi connectivity index (χ1v) is 8.93. The van der Waals surface area contributed by atoms with Crippen molar-refractivity contribution >= 4 is 17.6 Å². The van der Waals surface area contributed by atoms with Gasteiger partial charge in [0.05, 0.1) is 11.6 Å². The first-order valence-electron chi connectivity index (χ1n) is 8.55. The van der Waals surface area contributed by atoms with Crippen LogP contribution in [0.2, 0.25) is 5.02 Å². The Balaban J connectivity index is 1.78. The Bertz CT molecular complexity index is 503. The van der Waals surface area contributed by atoms with E-state index >= 15 is 0 Å². The van der Waals surface area contributed by atoms with Gasteiger partial charge in [0.25, 0.3) is 0 Å². The average molecular weight is 340 g/mol. The first kappa shape index (κ1) is 18.1. The molecule has 1 aromatic heterocycles. The van der Waals surface area contributed by atoms with Crippen molar-refractivity contribution in [1.29, 1.82) is 0 Å². The molecule has 2 heterocycles. The zero-order valence-electron chi connectivity index (χ0n) is 14.7. The number of guanidine groups is 1. The van der Waals surface area contributed by atoms with Gasteiger partial charge < -0.3 is 19.7 Å². The molecule has 1 N–H and O–H groups in total. The van der Waals surface area contributed by atoms with Crippen LogP contribution in [0.25, 0.3) is 0 Å². The van der Waals surface area contributed by atoms with Crippen LogP contribution in [0.3, 0.4) is 0 Å². The van der Waals surface area contributed by atoms with Crippen LogP contribution in [0.1, 0.15) is 31.4 Å². The highest BCUT2D eigenvalue weighted by Crippen LogP contribution is 2.14. The van der Waals surface area contributed by atoms with Gasteiger partial charge in [-0.15, -0.1) is 0 Å². The van der Waals surface area contributed by atoms with Gasteiger partial charge in [0, 0.05) is 46.1 Å². The van der Waals surface area contributed by atoms with Gasteiger partial charge in [-0.3, -0.25) is 4.99 Å². The van der Waals surface area contributed by atoms with Crippen LogP contribution in [-0.4, -0.2) is 60.6 Å². The average Bonchev–Trinajstić information content (AvgIpc) is 2.71. The fourth-order valence-corrected chi connectivity index (χ4v) is 3.38. The largest absolute Gasteiger partial charge is 0.355 e. The van der Waals surface area contributed by atoms with Crippen LogP contribution in [0.4, 0.5) is 0 Å². The summed E-state index contributed by atoms with van der Waals surface area (Å²) in [6.07, 6.45) is 7.37. The maximum Gasteiger partial charge on any atom is 0.193 e. The molecular weight excluding hydrogens is 310 g/mol. The number of likely N-dealkylation sites (tertiary alicyclic amines) is 1. The van der Waals surface area contributed by atoms with Crippen molar-refractivity contribution in [2.45, 2.75) is 32.2 Å². The number of nitrogens with one attached hydrogen (secondary N) is 1. The van der Waals surface area contributed by atoms with Crippen LogP contribution in [0, 0.1) is 0 Å². The zero-order valence-corrected chi connectivity index (χ0v) is 15.4. The van der Waals surface area contributed by atoms with E-state index in [4.69, 9.17) is 11.6 Å². The maximum atomic E-state index is 6.05. The van der Waals surface area contributed by atoms with E-state index in [0.717, 1.165) is 30.6 Å². The second kappa shape index (κ2) is 9.18. The third kappa shape index (κ3) is 5.74. The van der Waals surface area contributed by atoms with Gasteiger partial charge in [-0.05, 0) is 32.0 Å².